The Morgan fingerprint density at radius 3 is 2.46 bits per heavy atom. The van der Waals surface area contributed by atoms with Crippen molar-refractivity contribution in [3.8, 4) is 0 Å². The highest BCUT2D eigenvalue weighted by Crippen LogP contribution is 2.14. The van der Waals surface area contributed by atoms with E-state index in [1.54, 1.807) is 7.05 Å². The number of fused-ring (bicyclic) bond motifs is 3. The summed E-state index contributed by atoms with van der Waals surface area (Å²) in [6, 6.07) is 7.24. The van der Waals surface area contributed by atoms with Crippen LogP contribution in [-0.2, 0) is 6.42 Å². The van der Waals surface area contributed by atoms with Crippen LogP contribution >= 0.6 is 24.0 Å². The molecule has 0 aromatic heterocycles. The Hall–Kier alpha value is -0.930. The monoisotopic (exact) mass is 447 g/mol. The van der Waals surface area contributed by atoms with E-state index < -0.39 is 0 Å². The van der Waals surface area contributed by atoms with Crippen LogP contribution in [0.15, 0.2) is 29.3 Å². The van der Waals surface area contributed by atoms with Gasteiger partial charge < -0.3 is 10.6 Å². The van der Waals surface area contributed by atoms with Crippen molar-refractivity contribution in [1.29, 1.82) is 0 Å². The lowest BCUT2D eigenvalue weighted by atomic mass is 10.1. The zero-order valence-corrected chi connectivity index (χ0v) is 16.5. The van der Waals surface area contributed by atoms with Crippen molar-refractivity contribution in [2.24, 2.45) is 4.99 Å². The number of piperazine rings is 3. The molecule has 2 bridgehead atoms. The van der Waals surface area contributed by atoms with E-state index >= 15 is 0 Å². The topological polar surface area (TPSA) is 42.9 Å². The molecule has 7 heteroatoms. The van der Waals surface area contributed by atoms with Gasteiger partial charge in [0.15, 0.2) is 5.96 Å². The standard InChI is InChI=1S/C17H26FN5.HI/c1-19-17(20-7-6-14-2-4-15(18)5-3-14)21-12-16-13-22-8-10-23(16)11-9-22;/h2-5,16H,6-13H2,1H3,(H2,19,20,21);1H. The van der Waals surface area contributed by atoms with E-state index in [9.17, 15) is 4.39 Å². The molecule has 24 heavy (non-hydrogen) atoms. The lowest BCUT2D eigenvalue weighted by Gasteiger charge is -2.47. The maximum atomic E-state index is 12.9. The molecular formula is C17H27FIN5. The number of aliphatic imine (C=N–C) groups is 1. The Bertz CT molecular complexity index is 528. The normalized spacial score (nSPS) is 25.9. The maximum Gasteiger partial charge on any atom is 0.191 e. The van der Waals surface area contributed by atoms with Gasteiger partial charge >= 0.3 is 0 Å². The minimum absolute atomic E-state index is 0. The molecule has 1 aromatic carbocycles. The molecule has 3 fully saturated rings. The minimum Gasteiger partial charge on any atom is -0.356 e. The van der Waals surface area contributed by atoms with Crippen LogP contribution < -0.4 is 10.6 Å². The van der Waals surface area contributed by atoms with Gasteiger partial charge in [0.25, 0.3) is 0 Å². The number of nitrogens with one attached hydrogen (secondary N) is 2. The maximum absolute atomic E-state index is 12.9. The van der Waals surface area contributed by atoms with Crippen molar-refractivity contribution >= 4 is 29.9 Å². The third-order valence-corrected chi connectivity index (χ3v) is 4.74. The smallest absolute Gasteiger partial charge is 0.191 e. The fourth-order valence-electron chi connectivity index (χ4n) is 3.33. The molecule has 1 unspecified atom stereocenters. The summed E-state index contributed by atoms with van der Waals surface area (Å²) >= 11 is 0. The summed E-state index contributed by atoms with van der Waals surface area (Å²) in [6.07, 6.45) is 0.851. The van der Waals surface area contributed by atoms with Gasteiger partial charge in [0, 0.05) is 58.9 Å². The van der Waals surface area contributed by atoms with Gasteiger partial charge in [-0.2, -0.15) is 0 Å². The van der Waals surface area contributed by atoms with E-state index in [1.165, 1.54) is 38.3 Å². The molecule has 5 nitrogen and oxygen atoms in total. The van der Waals surface area contributed by atoms with E-state index in [0.29, 0.717) is 6.04 Å². The average Bonchev–Trinajstić information content (AvgIpc) is 2.60. The van der Waals surface area contributed by atoms with Crippen LogP contribution in [0.2, 0.25) is 0 Å². The molecule has 1 aromatic rings. The van der Waals surface area contributed by atoms with Crippen molar-refractivity contribution in [3.05, 3.63) is 35.6 Å². The predicted octanol–water partition coefficient (Wildman–Crippen LogP) is 1.15. The molecule has 0 spiro atoms. The Kier molecular flexibility index (Phi) is 7.70. The molecular weight excluding hydrogens is 420 g/mol. The Labute approximate surface area is 160 Å². The fraction of sp³-hybridized carbons (Fsp3) is 0.588. The van der Waals surface area contributed by atoms with Crippen molar-refractivity contribution < 1.29 is 4.39 Å². The lowest BCUT2D eigenvalue weighted by molar-refractivity contribution is 0.0154. The lowest BCUT2D eigenvalue weighted by Crippen LogP contribution is -2.63. The third-order valence-electron chi connectivity index (χ3n) is 4.74. The molecule has 0 saturated carbocycles. The second kappa shape index (κ2) is 9.53. The van der Waals surface area contributed by atoms with Crippen LogP contribution in [0.25, 0.3) is 0 Å². The molecule has 4 rings (SSSR count). The summed E-state index contributed by atoms with van der Waals surface area (Å²) in [5, 5.41) is 6.76. The number of hydrogen-bond donors (Lipinski definition) is 2. The van der Waals surface area contributed by atoms with Crippen LogP contribution in [0.1, 0.15) is 5.56 Å². The van der Waals surface area contributed by atoms with Gasteiger partial charge in [-0.05, 0) is 24.1 Å². The zero-order chi connectivity index (χ0) is 16.1. The van der Waals surface area contributed by atoms with Crippen molar-refractivity contribution in [2.45, 2.75) is 12.5 Å². The van der Waals surface area contributed by atoms with Crippen LogP contribution in [0.5, 0.6) is 0 Å². The quantitative estimate of drug-likeness (QED) is 0.404. The summed E-state index contributed by atoms with van der Waals surface area (Å²) in [5.41, 5.74) is 1.12. The summed E-state index contributed by atoms with van der Waals surface area (Å²) in [4.78, 5) is 9.39. The van der Waals surface area contributed by atoms with Crippen LogP contribution in [0, 0.1) is 5.82 Å². The predicted molar refractivity (Wildman–Crippen MR) is 107 cm³/mol. The van der Waals surface area contributed by atoms with Crippen LogP contribution in [-0.4, -0.2) is 74.7 Å². The highest BCUT2D eigenvalue weighted by Gasteiger charge is 2.31. The molecule has 3 heterocycles. The highest BCUT2D eigenvalue weighted by atomic mass is 127. The molecule has 3 aliphatic heterocycles. The fourth-order valence-corrected chi connectivity index (χ4v) is 3.33. The molecule has 134 valence electrons. The molecule has 2 N–H and O–H groups in total. The Morgan fingerprint density at radius 1 is 1.17 bits per heavy atom. The summed E-state index contributed by atoms with van der Waals surface area (Å²) in [6.45, 7) is 7.65. The molecule has 1 atom stereocenters. The van der Waals surface area contributed by atoms with Crippen molar-refractivity contribution in [3.63, 3.8) is 0 Å². The summed E-state index contributed by atoms with van der Waals surface area (Å²) in [7, 11) is 1.80. The van der Waals surface area contributed by atoms with Crippen molar-refractivity contribution in [2.75, 3.05) is 52.9 Å². The molecule has 0 aliphatic carbocycles. The molecule has 0 amide bonds. The second-order valence-electron chi connectivity index (χ2n) is 6.25. The van der Waals surface area contributed by atoms with Gasteiger partial charge in [-0.3, -0.25) is 14.8 Å². The second-order valence-corrected chi connectivity index (χ2v) is 6.25. The number of guanidine groups is 1. The van der Waals surface area contributed by atoms with Crippen LogP contribution in [0.4, 0.5) is 4.39 Å². The first-order chi connectivity index (χ1) is 11.2. The Morgan fingerprint density at radius 2 is 1.88 bits per heavy atom. The van der Waals surface area contributed by atoms with E-state index in [-0.39, 0.29) is 29.8 Å². The first kappa shape index (κ1) is 19.4. The number of benzene rings is 1. The number of hydrogen-bond acceptors (Lipinski definition) is 3. The van der Waals surface area contributed by atoms with E-state index in [4.69, 9.17) is 0 Å². The van der Waals surface area contributed by atoms with E-state index in [0.717, 1.165) is 37.6 Å². The summed E-state index contributed by atoms with van der Waals surface area (Å²) in [5.74, 6) is 0.650. The SMILES string of the molecule is CN=C(NCCc1ccc(F)cc1)NCC1CN2CCN1CC2.I. The molecule has 3 saturated heterocycles. The van der Waals surface area contributed by atoms with E-state index in [2.05, 4.69) is 25.4 Å². The largest absolute Gasteiger partial charge is 0.356 e. The molecule has 0 radical (unpaired) electrons. The van der Waals surface area contributed by atoms with Gasteiger partial charge in [-0.1, -0.05) is 12.1 Å². The first-order valence-electron chi connectivity index (χ1n) is 8.40. The van der Waals surface area contributed by atoms with Crippen LogP contribution in [0.3, 0.4) is 0 Å². The van der Waals surface area contributed by atoms with Gasteiger partial charge in [-0.25, -0.2) is 4.39 Å². The van der Waals surface area contributed by atoms with Gasteiger partial charge in [0.2, 0.25) is 0 Å². The highest BCUT2D eigenvalue weighted by molar-refractivity contribution is 14.0. The summed E-state index contributed by atoms with van der Waals surface area (Å²) < 4.78 is 12.9. The number of halogens is 2. The minimum atomic E-state index is -0.188. The van der Waals surface area contributed by atoms with Gasteiger partial charge in [0.1, 0.15) is 5.82 Å². The van der Waals surface area contributed by atoms with Gasteiger partial charge in [0.05, 0.1) is 0 Å². The van der Waals surface area contributed by atoms with Crippen molar-refractivity contribution in [1.82, 2.24) is 20.4 Å². The number of rotatable bonds is 5. The third kappa shape index (κ3) is 5.29. The Balaban J connectivity index is 0.00000208. The first-order valence-corrected chi connectivity index (χ1v) is 8.40. The molecule has 3 aliphatic rings. The van der Waals surface area contributed by atoms with Gasteiger partial charge in [-0.15, -0.1) is 24.0 Å². The number of nitrogens with zero attached hydrogens (tertiary/aromatic N) is 3. The van der Waals surface area contributed by atoms with E-state index in [1.807, 2.05) is 12.1 Å². The average molecular weight is 447 g/mol. The zero-order valence-electron chi connectivity index (χ0n) is 14.2.